The van der Waals surface area contributed by atoms with Crippen LogP contribution in [0, 0.1) is 13.8 Å². The van der Waals surface area contributed by atoms with Crippen LogP contribution in [0.3, 0.4) is 0 Å². The molecular weight excluding hydrogens is 250 g/mol. The van der Waals surface area contributed by atoms with Crippen LogP contribution in [0.4, 0.5) is 0 Å². The SMILES string of the molecule is Cc1cnc(C(NN)c2ccc3c(c2)CCO3)c(C)c1. The fourth-order valence-electron chi connectivity index (χ4n) is 2.75. The number of nitrogens with two attached hydrogens (primary N) is 1. The summed E-state index contributed by atoms with van der Waals surface area (Å²) in [4.78, 5) is 4.55. The molecule has 1 aromatic carbocycles. The van der Waals surface area contributed by atoms with Crippen LogP contribution in [-0.4, -0.2) is 11.6 Å². The lowest BCUT2D eigenvalue weighted by atomic mass is 9.97. The van der Waals surface area contributed by atoms with Crippen molar-refractivity contribution in [2.75, 3.05) is 6.61 Å². The predicted molar refractivity (Wildman–Crippen MR) is 78.5 cm³/mol. The number of hydrogen-bond acceptors (Lipinski definition) is 4. The van der Waals surface area contributed by atoms with Gasteiger partial charge >= 0.3 is 0 Å². The summed E-state index contributed by atoms with van der Waals surface area (Å²) in [5, 5.41) is 0. The van der Waals surface area contributed by atoms with Crippen molar-refractivity contribution >= 4 is 0 Å². The van der Waals surface area contributed by atoms with Gasteiger partial charge < -0.3 is 4.74 Å². The molecule has 0 amide bonds. The highest BCUT2D eigenvalue weighted by Gasteiger charge is 2.19. The Hall–Kier alpha value is -1.91. The van der Waals surface area contributed by atoms with Crippen molar-refractivity contribution in [2.24, 2.45) is 5.84 Å². The Kier molecular flexibility index (Phi) is 3.42. The standard InChI is InChI=1S/C16H19N3O/c1-10-7-11(2)15(18-9-10)16(19-17)13-3-4-14-12(8-13)5-6-20-14/h3-4,7-9,16,19H,5-6,17H2,1-2H3. The smallest absolute Gasteiger partial charge is 0.122 e. The average Bonchev–Trinajstić information content (AvgIpc) is 2.89. The van der Waals surface area contributed by atoms with E-state index in [1.54, 1.807) is 0 Å². The second kappa shape index (κ2) is 5.23. The number of aryl methyl sites for hydroxylation is 2. The van der Waals surface area contributed by atoms with Gasteiger partial charge in [0.25, 0.3) is 0 Å². The van der Waals surface area contributed by atoms with E-state index >= 15 is 0 Å². The van der Waals surface area contributed by atoms with E-state index in [0.717, 1.165) is 41.2 Å². The molecule has 0 saturated carbocycles. The third kappa shape index (κ3) is 2.28. The molecule has 0 bridgehead atoms. The molecule has 1 aromatic heterocycles. The maximum absolute atomic E-state index is 5.77. The van der Waals surface area contributed by atoms with E-state index in [2.05, 4.69) is 35.5 Å². The van der Waals surface area contributed by atoms with Crippen molar-refractivity contribution in [2.45, 2.75) is 26.3 Å². The molecule has 3 N–H and O–H groups in total. The third-order valence-corrected chi connectivity index (χ3v) is 3.74. The second-order valence-electron chi connectivity index (χ2n) is 5.28. The minimum atomic E-state index is -0.0958. The first-order chi connectivity index (χ1) is 9.69. The monoisotopic (exact) mass is 269 g/mol. The highest BCUT2D eigenvalue weighted by atomic mass is 16.5. The number of hydrogen-bond donors (Lipinski definition) is 2. The number of rotatable bonds is 3. The molecule has 1 atom stereocenters. The van der Waals surface area contributed by atoms with Crippen molar-refractivity contribution in [1.82, 2.24) is 10.4 Å². The molecule has 1 unspecified atom stereocenters. The van der Waals surface area contributed by atoms with Gasteiger partial charge in [0, 0.05) is 12.6 Å². The van der Waals surface area contributed by atoms with Crippen LogP contribution in [0.15, 0.2) is 30.5 Å². The normalized spacial score (nSPS) is 14.8. The Morgan fingerprint density at radius 1 is 1.30 bits per heavy atom. The Morgan fingerprint density at radius 2 is 2.15 bits per heavy atom. The summed E-state index contributed by atoms with van der Waals surface area (Å²) in [6.07, 6.45) is 2.84. The summed E-state index contributed by atoms with van der Waals surface area (Å²) in [5.41, 5.74) is 8.52. The van der Waals surface area contributed by atoms with Gasteiger partial charge in [0.15, 0.2) is 0 Å². The number of aromatic nitrogens is 1. The summed E-state index contributed by atoms with van der Waals surface area (Å²) in [6, 6.07) is 8.26. The average molecular weight is 269 g/mol. The van der Waals surface area contributed by atoms with E-state index in [9.17, 15) is 0 Å². The number of hydrazine groups is 1. The van der Waals surface area contributed by atoms with Gasteiger partial charge in [-0.1, -0.05) is 12.1 Å². The molecule has 104 valence electrons. The molecular formula is C16H19N3O. The van der Waals surface area contributed by atoms with Crippen LogP contribution < -0.4 is 16.0 Å². The van der Waals surface area contributed by atoms with Crippen molar-refractivity contribution in [3.05, 3.63) is 58.4 Å². The van der Waals surface area contributed by atoms with Gasteiger partial charge in [0.1, 0.15) is 5.75 Å². The molecule has 0 radical (unpaired) electrons. The number of nitrogens with zero attached hydrogens (tertiary/aromatic N) is 1. The lowest BCUT2D eigenvalue weighted by molar-refractivity contribution is 0.357. The van der Waals surface area contributed by atoms with E-state index in [-0.39, 0.29) is 6.04 Å². The topological polar surface area (TPSA) is 60.2 Å². The van der Waals surface area contributed by atoms with Crippen LogP contribution in [-0.2, 0) is 6.42 Å². The lowest BCUT2D eigenvalue weighted by Gasteiger charge is -2.19. The molecule has 3 rings (SSSR count). The molecule has 20 heavy (non-hydrogen) atoms. The van der Waals surface area contributed by atoms with E-state index in [1.807, 2.05) is 19.2 Å². The molecule has 2 aromatic rings. The summed E-state index contributed by atoms with van der Waals surface area (Å²) in [7, 11) is 0. The first-order valence-electron chi connectivity index (χ1n) is 6.84. The maximum Gasteiger partial charge on any atom is 0.122 e. The van der Waals surface area contributed by atoms with E-state index in [4.69, 9.17) is 10.6 Å². The Morgan fingerprint density at radius 3 is 2.90 bits per heavy atom. The Labute approximate surface area is 119 Å². The van der Waals surface area contributed by atoms with Crippen LogP contribution in [0.1, 0.15) is 34.0 Å². The van der Waals surface area contributed by atoms with Crippen molar-refractivity contribution in [1.29, 1.82) is 0 Å². The molecule has 4 nitrogen and oxygen atoms in total. The van der Waals surface area contributed by atoms with Crippen LogP contribution >= 0.6 is 0 Å². The fourth-order valence-corrected chi connectivity index (χ4v) is 2.75. The Bertz CT molecular complexity index is 640. The first-order valence-corrected chi connectivity index (χ1v) is 6.84. The van der Waals surface area contributed by atoms with Gasteiger partial charge in [0.2, 0.25) is 0 Å². The molecule has 1 aliphatic rings. The Balaban J connectivity index is 2.01. The minimum absolute atomic E-state index is 0.0958. The molecule has 1 aliphatic heterocycles. The van der Waals surface area contributed by atoms with Gasteiger partial charge in [-0.15, -0.1) is 0 Å². The van der Waals surface area contributed by atoms with Crippen molar-refractivity contribution in [3.63, 3.8) is 0 Å². The molecule has 2 heterocycles. The molecule has 0 saturated heterocycles. The second-order valence-corrected chi connectivity index (χ2v) is 5.28. The number of fused-ring (bicyclic) bond motifs is 1. The molecule has 0 aliphatic carbocycles. The number of ether oxygens (including phenoxy) is 1. The summed E-state index contributed by atoms with van der Waals surface area (Å²) in [5.74, 6) is 6.75. The highest BCUT2D eigenvalue weighted by molar-refractivity contribution is 5.43. The van der Waals surface area contributed by atoms with Gasteiger partial charge in [-0.3, -0.25) is 10.8 Å². The molecule has 4 heteroatoms. The first kappa shape index (κ1) is 13.1. The zero-order valence-corrected chi connectivity index (χ0v) is 11.8. The molecule has 0 fully saturated rings. The van der Waals surface area contributed by atoms with Gasteiger partial charge in [-0.05, 0) is 48.2 Å². The van der Waals surface area contributed by atoms with Crippen molar-refractivity contribution in [3.8, 4) is 5.75 Å². The predicted octanol–water partition coefficient (Wildman–Crippen LogP) is 2.19. The minimum Gasteiger partial charge on any atom is -0.493 e. The molecule has 0 spiro atoms. The van der Waals surface area contributed by atoms with Gasteiger partial charge in [0.05, 0.1) is 18.3 Å². The zero-order valence-electron chi connectivity index (χ0n) is 11.8. The number of benzene rings is 1. The third-order valence-electron chi connectivity index (χ3n) is 3.74. The lowest BCUT2D eigenvalue weighted by Crippen LogP contribution is -2.30. The van der Waals surface area contributed by atoms with Crippen LogP contribution in [0.2, 0.25) is 0 Å². The zero-order chi connectivity index (χ0) is 14.1. The van der Waals surface area contributed by atoms with Gasteiger partial charge in [-0.25, -0.2) is 5.43 Å². The fraction of sp³-hybridized carbons (Fsp3) is 0.312. The van der Waals surface area contributed by atoms with E-state index in [1.165, 1.54) is 5.56 Å². The maximum atomic E-state index is 5.77. The summed E-state index contributed by atoms with van der Waals surface area (Å²) in [6.45, 7) is 4.87. The quantitative estimate of drug-likeness (QED) is 0.662. The summed E-state index contributed by atoms with van der Waals surface area (Å²) >= 11 is 0. The van der Waals surface area contributed by atoms with E-state index in [0.29, 0.717) is 0 Å². The largest absolute Gasteiger partial charge is 0.493 e. The van der Waals surface area contributed by atoms with Crippen molar-refractivity contribution < 1.29 is 4.74 Å². The highest BCUT2D eigenvalue weighted by Crippen LogP contribution is 2.30. The van der Waals surface area contributed by atoms with E-state index < -0.39 is 0 Å². The number of nitrogens with one attached hydrogen (secondary N) is 1. The van der Waals surface area contributed by atoms with Gasteiger partial charge in [-0.2, -0.15) is 0 Å². The summed E-state index contributed by atoms with van der Waals surface area (Å²) < 4.78 is 5.54. The number of pyridine rings is 1. The van der Waals surface area contributed by atoms with Crippen LogP contribution in [0.5, 0.6) is 5.75 Å². The van der Waals surface area contributed by atoms with Crippen LogP contribution in [0.25, 0.3) is 0 Å².